The van der Waals surface area contributed by atoms with Crippen molar-refractivity contribution < 1.29 is 9.90 Å². The number of hydrogen-bond donors (Lipinski definition) is 1. The highest BCUT2D eigenvalue weighted by Gasteiger charge is 2.23. The maximum atomic E-state index is 11.2. The van der Waals surface area contributed by atoms with Crippen LogP contribution >= 0.6 is 0 Å². The van der Waals surface area contributed by atoms with Gasteiger partial charge >= 0.3 is 5.97 Å². The molecular weight excluding hydrogens is 302 g/mol. The molecule has 1 aliphatic heterocycles. The number of aromatic carboxylic acids is 1. The standard InChI is InChI=1S/C19H25N3O2/c1-14(2)22-10-8-20-18(22)13-21-9-4-7-17(12-21)15-5-3-6-16(11-15)19(23)24/h3,5-6,8,10-11,14,17H,4,7,9,12-13H2,1-2H3,(H,23,24)/t17-/m1/s1. The van der Waals surface area contributed by atoms with Gasteiger partial charge in [-0.3, -0.25) is 4.90 Å². The Morgan fingerprint density at radius 2 is 2.25 bits per heavy atom. The molecule has 0 spiro atoms. The van der Waals surface area contributed by atoms with E-state index in [2.05, 4.69) is 34.4 Å². The highest BCUT2D eigenvalue weighted by molar-refractivity contribution is 5.87. The van der Waals surface area contributed by atoms with Crippen molar-refractivity contribution in [1.82, 2.24) is 14.5 Å². The number of carboxylic acid groups (broad SMARTS) is 1. The third-order valence-corrected chi connectivity index (χ3v) is 4.78. The second kappa shape index (κ2) is 7.18. The molecule has 5 nitrogen and oxygen atoms in total. The molecule has 1 aromatic heterocycles. The van der Waals surface area contributed by atoms with Crippen LogP contribution in [0.1, 0.15) is 60.4 Å². The van der Waals surface area contributed by atoms with Crippen molar-refractivity contribution in [1.29, 1.82) is 0 Å². The monoisotopic (exact) mass is 327 g/mol. The maximum absolute atomic E-state index is 11.2. The summed E-state index contributed by atoms with van der Waals surface area (Å²) in [5.41, 5.74) is 1.51. The number of benzene rings is 1. The second-order valence-electron chi connectivity index (χ2n) is 6.85. The normalized spacial score (nSPS) is 18.9. The highest BCUT2D eigenvalue weighted by Crippen LogP contribution is 2.28. The SMILES string of the molecule is CC(C)n1ccnc1CN1CCC[C@@H](c2cccc(C(=O)O)c2)C1. The van der Waals surface area contributed by atoms with Crippen LogP contribution in [-0.4, -0.2) is 38.6 Å². The molecule has 1 atom stereocenters. The molecule has 2 heterocycles. The summed E-state index contributed by atoms with van der Waals surface area (Å²) in [6.07, 6.45) is 6.15. The lowest BCUT2D eigenvalue weighted by Gasteiger charge is -2.33. The quantitative estimate of drug-likeness (QED) is 0.912. The number of imidazole rings is 1. The summed E-state index contributed by atoms with van der Waals surface area (Å²) in [7, 11) is 0. The summed E-state index contributed by atoms with van der Waals surface area (Å²) in [5.74, 6) is 0.633. The molecule has 0 amide bonds. The number of nitrogens with zero attached hydrogens (tertiary/aromatic N) is 3. The Bertz CT molecular complexity index is 708. The molecule has 24 heavy (non-hydrogen) atoms. The van der Waals surface area contributed by atoms with Crippen LogP contribution in [0.3, 0.4) is 0 Å². The van der Waals surface area contributed by atoms with Gasteiger partial charge in [0.1, 0.15) is 5.82 Å². The Hall–Kier alpha value is -2.14. The number of aromatic nitrogens is 2. The Balaban J connectivity index is 1.71. The fraction of sp³-hybridized carbons (Fsp3) is 0.474. The first-order valence-corrected chi connectivity index (χ1v) is 8.62. The van der Waals surface area contributed by atoms with E-state index >= 15 is 0 Å². The van der Waals surface area contributed by atoms with E-state index in [0.717, 1.165) is 43.9 Å². The van der Waals surface area contributed by atoms with Gasteiger partial charge in [-0.1, -0.05) is 12.1 Å². The lowest BCUT2D eigenvalue weighted by atomic mass is 9.89. The van der Waals surface area contributed by atoms with Gasteiger partial charge in [-0.15, -0.1) is 0 Å². The minimum atomic E-state index is -0.858. The van der Waals surface area contributed by atoms with Crippen LogP contribution in [-0.2, 0) is 6.54 Å². The zero-order valence-electron chi connectivity index (χ0n) is 14.4. The van der Waals surface area contributed by atoms with Crippen molar-refractivity contribution >= 4 is 5.97 Å². The topological polar surface area (TPSA) is 58.4 Å². The number of hydrogen-bond acceptors (Lipinski definition) is 3. The van der Waals surface area contributed by atoms with Crippen molar-refractivity contribution in [3.05, 3.63) is 53.6 Å². The molecule has 1 aromatic carbocycles. The molecule has 2 aromatic rings. The van der Waals surface area contributed by atoms with E-state index in [0.29, 0.717) is 17.5 Å². The summed E-state index contributed by atoms with van der Waals surface area (Å²) < 4.78 is 2.22. The van der Waals surface area contributed by atoms with E-state index in [9.17, 15) is 9.90 Å². The molecule has 0 unspecified atom stereocenters. The van der Waals surface area contributed by atoms with Gasteiger partial charge in [0, 0.05) is 25.0 Å². The molecule has 0 bridgehead atoms. The van der Waals surface area contributed by atoms with E-state index in [1.165, 1.54) is 0 Å². The largest absolute Gasteiger partial charge is 0.478 e. The Morgan fingerprint density at radius 1 is 1.42 bits per heavy atom. The van der Waals surface area contributed by atoms with Crippen molar-refractivity contribution in [3.8, 4) is 0 Å². The van der Waals surface area contributed by atoms with Crippen LogP contribution in [0.4, 0.5) is 0 Å². The van der Waals surface area contributed by atoms with Crippen molar-refractivity contribution in [2.24, 2.45) is 0 Å². The van der Waals surface area contributed by atoms with Crippen LogP contribution in [0.5, 0.6) is 0 Å². The second-order valence-corrected chi connectivity index (χ2v) is 6.85. The first-order chi connectivity index (χ1) is 11.5. The van der Waals surface area contributed by atoms with Crippen molar-refractivity contribution in [3.63, 3.8) is 0 Å². The Morgan fingerprint density at radius 3 is 3.00 bits per heavy atom. The number of carboxylic acids is 1. The molecule has 3 rings (SSSR count). The Kier molecular flexibility index (Phi) is 5.00. The molecule has 1 fully saturated rings. The minimum absolute atomic E-state index is 0.375. The van der Waals surface area contributed by atoms with Crippen LogP contribution in [0.15, 0.2) is 36.7 Å². The summed E-state index contributed by atoms with van der Waals surface area (Å²) in [4.78, 5) is 18.1. The zero-order valence-corrected chi connectivity index (χ0v) is 14.4. The van der Waals surface area contributed by atoms with E-state index < -0.39 is 5.97 Å². The van der Waals surface area contributed by atoms with Gasteiger partial charge in [-0.05, 0) is 56.8 Å². The zero-order chi connectivity index (χ0) is 17.1. The summed E-state index contributed by atoms with van der Waals surface area (Å²) in [5, 5.41) is 9.19. The van der Waals surface area contributed by atoms with Crippen LogP contribution in [0.2, 0.25) is 0 Å². The molecule has 5 heteroatoms. The van der Waals surface area contributed by atoms with E-state index in [4.69, 9.17) is 0 Å². The number of piperidine rings is 1. The molecule has 1 N–H and O–H groups in total. The molecule has 1 aliphatic rings. The number of carbonyl (C=O) groups is 1. The Labute approximate surface area is 142 Å². The van der Waals surface area contributed by atoms with E-state index in [1.54, 1.807) is 6.07 Å². The van der Waals surface area contributed by atoms with Gasteiger partial charge in [0.25, 0.3) is 0 Å². The molecule has 1 saturated heterocycles. The smallest absolute Gasteiger partial charge is 0.335 e. The summed E-state index contributed by atoms with van der Waals surface area (Å²) >= 11 is 0. The van der Waals surface area contributed by atoms with Crippen LogP contribution < -0.4 is 0 Å². The van der Waals surface area contributed by atoms with Gasteiger partial charge in [0.2, 0.25) is 0 Å². The summed E-state index contributed by atoms with van der Waals surface area (Å²) in [6.45, 7) is 7.21. The van der Waals surface area contributed by atoms with E-state index in [-0.39, 0.29) is 0 Å². The third kappa shape index (κ3) is 3.67. The third-order valence-electron chi connectivity index (χ3n) is 4.78. The average molecular weight is 327 g/mol. The van der Waals surface area contributed by atoms with Crippen molar-refractivity contribution in [2.45, 2.75) is 45.2 Å². The molecule has 0 saturated carbocycles. The average Bonchev–Trinajstić information content (AvgIpc) is 3.03. The van der Waals surface area contributed by atoms with Gasteiger partial charge in [-0.25, -0.2) is 9.78 Å². The number of likely N-dealkylation sites (tertiary alicyclic amines) is 1. The predicted octanol–water partition coefficient (Wildman–Crippen LogP) is 3.54. The maximum Gasteiger partial charge on any atom is 0.335 e. The first kappa shape index (κ1) is 16.7. The van der Waals surface area contributed by atoms with Crippen LogP contribution in [0.25, 0.3) is 0 Å². The van der Waals surface area contributed by atoms with Gasteiger partial charge in [-0.2, -0.15) is 0 Å². The lowest BCUT2D eigenvalue weighted by molar-refractivity contribution is 0.0696. The lowest BCUT2D eigenvalue weighted by Crippen LogP contribution is -2.34. The first-order valence-electron chi connectivity index (χ1n) is 8.62. The highest BCUT2D eigenvalue weighted by atomic mass is 16.4. The molecule has 0 radical (unpaired) electrons. The predicted molar refractivity (Wildman–Crippen MR) is 93.3 cm³/mol. The van der Waals surface area contributed by atoms with Crippen LogP contribution in [0, 0.1) is 0 Å². The minimum Gasteiger partial charge on any atom is -0.478 e. The van der Waals surface area contributed by atoms with Gasteiger partial charge < -0.3 is 9.67 Å². The van der Waals surface area contributed by atoms with Gasteiger partial charge in [0.15, 0.2) is 0 Å². The summed E-state index contributed by atoms with van der Waals surface area (Å²) in [6, 6.07) is 7.80. The number of rotatable bonds is 5. The van der Waals surface area contributed by atoms with Gasteiger partial charge in [0.05, 0.1) is 12.1 Å². The van der Waals surface area contributed by atoms with Crippen molar-refractivity contribution in [2.75, 3.05) is 13.1 Å². The fourth-order valence-electron chi connectivity index (χ4n) is 3.53. The van der Waals surface area contributed by atoms with E-state index in [1.807, 2.05) is 24.5 Å². The molecule has 0 aliphatic carbocycles. The molecular formula is C19H25N3O2. The fourth-order valence-corrected chi connectivity index (χ4v) is 3.53. The molecule has 128 valence electrons.